The minimum absolute atomic E-state index is 0.320. The molecule has 0 radical (unpaired) electrons. The Balaban J connectivity index is 1.75. The van der Waals surface area contributed by atoms with Gasteiger partial charge in [0.1, 0.15) is 6.10 Å². The van der Waals surface area contributed by atoms with Crippen molar-refractivity contribution in [3.63, 3.8) is 0 Å². The predicted molar refractivity (Wildman–Crippen MR) is 106 cm³/mol. The van der Waals surface area contributed by atoms with Gasteiger partial charge in [-0.2, -0.15) is 0 Å². The van der Waals surface area contributed by atoms with Crippen molar-refractivity contribution in [1.29, 1.82) is 0 Å². The van der Waals surface area contributed by atoms with Crippen molar-refractivity contribution in [1.82, 2.24) is 0 Å². The first-order valence-electron chi connectivity index (χ1n) is 9.99. The largest absolute Gasteiger partial charge is 0.477 e. The Morgan fingerprint density at radius 2 is 1.84 bits per heavy atom. The van der Waals surface area contributed by atoms with Gasteiger partial charge in [-0.3, -0.25) is 0 Å². The lowest BCUT2D eigenvalue weighted by molar-refractivity contribution is 0.0342. The van der Waals surface area contributed by atoms with Gasteiger partial charge in [0.15, 0.2) is 5.90 Å². The summed E-state index contributed by atoms with van der Waals surface area (Å²) in [6, 6.07) is 10.8. The molecule has 1 aromatic carbocycles. The SMILES string of the molecule is CC(C)[C@@H]1CC[C@@H](C)C[C@H]1OC1=NC=C[C@H](C)[C@@H](c2ccccc2)C1. The maximum absolute atomic E-state index is 6.56. The fraction of sp³-hybridized carbons (Fsp3) is 0.609. The summed E-state index contributed by atoms with van der Waals surface area (Å²) < 4.78 is 6.56. The normalized spacial score (nSPS) is 33.0. The average molecular weight is 340 g/mol. The van der Waals surface area contributed by atoms with Crippen LogP contribution in [0.4, 0.5) is 0 Å². The first-order chi connectivity index (χ1) is 12.0. The summed E-state index contributed by atoms with van der Waals surface area (Å²) in [6.07, 6.45) is 9.17. The third-order valence-electron chi connectivity index (χ3n) is 6.11. The topological polar surface area (TPSA) is 21.6 Å². The van der Waals surface area contributed by atoms with Crippen LogP contribution in [0.5, 0.6) is 0 Å². The van der Waals surface area contributed by atoms with Crippen LogP contribution in [0.2, 0.25) is 0 Å². The van der Waals surface area contributed by atoms with Crippen LogP contribution >= 0.6 is 0 Å². The molecule has 0 unspecified atom stereocenters. The van der Waals surface area contributed by atoms with Crippen molar-refractivity contribution in [3.05, 3.63) is 48.2 Å². The second-order valence-corrected chi connectivity index (χ2v) is 8.43. The summed E-state index contributed by atoms with van der Waals surface area (Å²) in [4.78, 5) is 4.68. The van der Waals surface area contributed by atoms with Crippen LogP contribution in [0, 0.1) is 23.7 Å². The van der Waals surface area contributed by atoms with E-state index in [9.17, 15) is 0 Å². The van der Waals surface area contributed by atoms with Crippen LogP contribution < -0.4 is 0 Å². The molecular formula is C23H33NO. The highest BCUT2D eigenvalue weighted by atomic mass is 16.5. The van der Waals surface area contributed by atoms with Gasteiger partial charge in [-0.25, -0.2) is 4.99 Å². The zero-order valence-electron chi connectivity index (χ0n) is 16.2. The molecule has 0 aromatic heterocycles. The van der Waals surface area contributed by atoms with Crippen LogP contribution in [-0.4, -0.2) is 12.0 Å². The second kappa shape index (κ2) is 8.21. The Morgan fingerprint density at radius 3 is 2.56 bits per heavy atom. The van der Waals surface area contributed by atoms with E-state index in [2.05, 4.69) is 69.1 Å². The molecule has 25 heavy (non-hydrogen) atoms. The van der Waals surface area contributed by atoms with E-state index in [1.54, 1.807) is 0 Å². The zero-order chi connectivity index (χ0) is 17.8. The van der Waals surface area contributed by atoms with Gasteiger partial charge in [0.05, 0.1) is 0 Å². The van der Waals surface area contributed by atoms with Gasteiger partial charge in [0.25, 0.3) is 0 Å². The van der Waals surface area contributed by atoms with Crippen molar-refractivity contribution in [2.75, 3.05) is 0 Å². The van der Waals surface area contributed by atoms with Gasteiger partial charge in [-0.05, 0) is 48.0 Å². The molecule has 2 heteroatoms. The maximum Gasteiger partial charge on any atom is 0.188 e. The maximum atomic E-state index is 6.56. The highest BCUT2D eigenvalue weighted by Crippen LogP contribution is 2.37. The molecule has 1 aromatic rings. The molecule has 0 bridgehead atoms. The van der Waals surface area contributed by atoms with Crippen molar-refractivity contribution in [2.24, 2.45) is 28.7 Å². The van der Waals surface area contributed by atoms with Gasteiger partial charge < -0.3 is 4.74 Å². The fourth-order valence-electron chi connectivity index (χ4n) is 4.45. The molecule has 0 saturated heterocycles. The first kappa shape index (κ1) is 18.2. The van der Waals surface area contributed by atoms with Gasteiger partial charge in [0.2, 0.25) is 0 Å². The number of benzene rings is 1. The standard InChI is InChI=1S/C23H33NO/c1-16(2)20-11-10-17(3)14-22(20)25-23-15-21(18(4)12-13-24-23)19-8-6-5-7-9-19/h5-9,12-13,16-18,20-22H,10-11,14-15H2,1-4H3/t17-,18+,20+,21+,22-/m1/s1. The Bertz CT molecular complexity index is 604. The van der Waals surface area contributed by atoms with E-state index in [4.69, 9.17) is 4.74 Å². The molecule has 1 aliphatic heterocycles. The number of allylic oxidation sites excluding steroid dienone is 1. The van der Waals surface area contributed by atoms with Crippen LogP contribution in [0.15, 0.2) is 47.6 Å². The highest BCUT2D eigenvalue weighted by molar-refractivity contribution is 5.78. The average Bonchev–Trinajstić information content (AvgIpc) is 2.77. The summed E-state index contributed by atoms with van der Waals surface area (Å²) in [6.45, 7) is 9.31. The molecule has 1 fully saturated rings. The van der Waals surface area contributed by atoms with Crippen molar-refractivity contribution in [3.8, 4) is 0 Å². The molecule has 136 valence electrons. The van der Waals surface area contributed by atoms with Gasteiger partial charge >= 0.3 is 0 Å². The summed E-state index contributed by atoms with van der Waals surface area (Å²) in [5, 5.41) is 0. The number of nitrogens with zero attached hydrogens (tertiary/aromatic N) is 1. The quantitative estimate of drug-likeness (QED) is 0.642. The van der Waals surface area contributed by atoms with Crippen molar-refractivity contribution in [2.45, 2.75) is 65.4 Å². The number of ether oxygens (including phenoxy) is 1. The molecule has 2 nitrogen and oxygen atoms in total. The van der Waals surface area contributed by atoms with Crippen LogP contribution in [-0.2, 0) is 4.74 Å². The van der Waals surface area contributed by atoms with Gasteiger partial charge in [-0.1, -0.05) is 70.5 Å². The second-order valence-electron chi connectivity index (χ2n) is 8.43. The van der Waals surface area contributed by atoms with E-state index in [1.165, 1.54) is 18.4 Å². The monoisotopic (exact) mass is 339 g/mol. The summed E-state index contributed by atoms with van der Waals surface area (Å²) in [5.74, 6) is 3.92. The lowest BCUT2D eigenvalue weighted by atomic mass is 9.75. The lowest BCUT2D eigenvalue weighted by Crippen LogP contribution is -2.36. The minimum Gasteiger partial charge on any atom is -0.477 e. The van der Waals surface area contributed by atoms with E-state index in [1.807, 2.05) is 6.20 Å². The zero-order valence-corrected chi connectivity index (χ0v) is 16.2. The lowest BCUT2D eigenvalue weighted by Gasteiger charge is -2.37. The molecule has 0 N–H and O–H groups in total. The Kier molecular flexibility index (Phi) is 5.98. The van der Waals surface area contributed by atoms with Crippen molar-refractivity contribution >= 4 is 5.90 Å². The minimum atomic E-state index is 0.320. The van der Waals surface area contributed by atoms with Gasteiger partial charge in [0, 0.05) is 12.6 Å². The van der Waals surface area contributed by atoms with E-state index >= 15 is 0 Å². The molecule has 0 amide bonds. The Morgan fingerprint density at radius 1 is 1.08 bits per heavy atom. The van der Waals surface area contributed by atoms with Gasteiger partial charge in [-0.15, -0.1) is 0 Å². The molecule has 3 rings (SSSR count). The Hall–Kier alpha value is -1.57. The first-order valence-corrected chi connectivity index (χ1v) is 9.99. The molecule has 1 saturated carbocycles. The predicted octanol–water partition coefficient (Wildman–Crippen LogP) is 6.20. The van der Waals surface area contributed by atoms with E-state index in [0.717, 1.165) is 24.7 Å². The van der Waals surface area contributed by atoms with E-state index < -0.39 is 0 Å². The van der Waals surface area contributed by atoms with Crippen LogP contribution in [0.3, 0.4) is 0 Å². The highest BCUT2D eigenvalue weighted by Gasteiger charge is 2.34. The van der Waals surface area contributed by atoms with Crippen LogP contribution in [0.1, 0.15) is 64.9 Å². The fourth-order valence-corrected chi connectivity index (χ4v) is 4.45. The van der Waals surface area contributed by atoms with Crippen LogP contribution in [0.25, 0.3) is 0 Å². The summed E-state index contributed by atoms with van der Waals surface area (Å²) in [7, 11) is 0. The Labute approximate surface area is 153 Å². The third kappa shape index (κ3) is 4.54. The molecule has 1 heterocycles. The summed E-state index contributed by atoms with van der Waals surface area (Å²) in [5.41, 5.74) is 1.38. The van der Waals surface area contributed by atoms with Crippen molar-refractivity contribution < 1.29 is 4.74 Å². The molecule has 0 spiro atoms. The number of hydrogen-bond acceptors (Lipinski definition) is 2. The number of hydrogen-bond donors (Lipinski definition) is 0. The summed E-state index contributed by atoms with van der Waals surface area (Å²) >= 11 is 0. The smallest absolute Gasteiger partial charge is 0.188 e. The number of aliphatic imine (C=N–C) groups is 1. The number of rotatable bonds is 3. The molecular weight excluding hydrogens is 306 g/mol. The molecule has 5 atom stereocenters. The van der Waals surface area contributed by atoms with E-state index in [0.29, 0.717) is 29.8 Å². The molecule has 1 aliphatic carbocycles. The molecule has 2 aliphatic rings. The van der Waals surface area contributed by atoms with E-state index in [-0.39, 0.29) is 0 Å². The third-order valence-corrected chi connectivity index (χ3v) is 6.11.